The highest BCUT2D eigenvalue weighted by molar-refractivity contribution is 5.72. The van der Waals surface area contributed by atoms with Crippen LogP contribution in [0.4, 0.5) is 4.39 Å². The van der Waals surface area contributed by atoms with Gasteiger partial charge in [0.25, 0.3) is 0 Å². The summed E-state index contributed by atoms with van der Waals surface area (Å²) in [6.45, 7) is 2.59. The Hall–Kier alpha value is -1.42. The molecule has 0 saturated carbocycles. The number of halogens is 1. The van der Waals surface area contributed by atoms with Crippen molar-refractivity contribution in [2.45, 2.75) is 19.3 Å². The monoisotopic (exact) mass is 208 g/mol. The summed E-state index contributed by atoms with van der Waals surface area (Å²) in [7, 11) is 0. The van der Waals surface area contributed by atoms with Crippen molar-refractivity contribution in [2.75, 3.05) is 6.54 Å². The van der Waals surface area contributed by atoms with E-state index < -0.39 is 0 Å². The molecule has 0 radical (unpaired) electrons. The molecular weight excluding hydrogens is 195 g/mol. The SMILES string of the molecule is CC(CCN)c1nc2cc(F)ccc2o1. The van der Waals surface area contributed by atoms with E-state index in [0.29, 0.717) is 23.5 Å². The van der Waals surface area contributed by atoms with E-state index >= 15 is 0 Å². The first-order chi connectivity index (χ1) is 7.20. The van der Waals surface area contributed by atoms with Gasteiger partial charge in [0.1, 0.15) is 11.3 Å². The molecule has 1 heterocycles. The minimum absolute atomic E-state index is 0.172. The summed E-state index contributed by atoms with van der Waals surface area (Å²) in [4.78, 5) is 4.23. The molecule has 0 bridgehead atoms. The second kappa shape index (κ2) is 3.98. The van der Waals surface area contributed by atoms with Gasteiger partial charge in [0.05, 0.1) is 0 Å². The molecule has 0 fully saturated rings. The minimum atomic E-state index is -0.297. The van der Waals surface area contributed by atoms with Crippen molar-refractivity contribution < 1.29 is 8.81 Å². The lowest BCUT2D eigenvalue weighted by Gasteiger charge is -2.02. The van der Waals surface area contributed by atoms with Gasteiger partial charge in [-0.3, -0.25) is 0 Å². The fourth-order valence-corrected chi connectivity index (χ4v) is 1.50. The van der Waals surface area contributed by atoms with E-state index in [-0.39, 0.29) is 11.7 Å². The highest BCUT2D eigenvalue weighted by Crippen LogP contribution is 2.23. The summed E-state index contributed by atoms with van der Waals surface area (Å²) in [6, 6.07) is 4.33. The average molecular weight is 208 g/mol. The molecule has 0 spiro atoms. The number of aromatic nitrogens is 1. The highest BCUT2D eigenvalue weighted by Gasteiger charge is 2.12. The van der Waals surface area contributed by atoms with Crippen LogP contribution in [0.25, 0.3) is 11.1 Å². The van der Waals surface area contributed by atoms with E-state index in [9.17, 15) is 4.39 Å². The number of nitrogens with zero attached hydrogens (tertiary/aromatic N) is 1. The van der Waals surface area contributed by atoms with E-state index in [2.05, 4.69) is 4.98 Å². The molecule has 2 N–H and O–H groups in total. The van der Waals surface area contributed by atoms with Crippen molar-refractivity contribution in [3.63, 3.8) is 0 Å². The van der Waals surface area contributed by atoms with Gasteiger partial charge < -0.3 is 10.2 Å². The predicted molar refractivity (Wildman–Crippen MR) is 56.1 cm³/mol. The largest absolute Gasteiger partial charge is 0.440 e. The van der Waals surface area contributed by atoms with Gasteiger partial charge in [0.2, 0.25) is 0 Å². The van der Waals surface area contributed by atoms with Crippen molar-refractivity contribution in [1.29, 1.82) is 0 Å². The number of rotatable bonds is 3. The Morgan fingerprint density at radius 1 is 1.53 bits per heavy atom. The van der Waals surface area contributed by atoms with E-state index in [0.717, 1.165) is 6.42 Å². The zero-order valence-corrected chi connectivity index (χ0v) is 8.53. The lowest BCUT2D eigenvalue weighted by atomic mass is 10.1. The van der Waals surface area contributed by atoms with Crippen molar-refractivity contribution in [2.24, 2.45) is 5.73 Å². The molecule has 0 aliphatic carbocycles. The first-order valence-electron chi connectivity index (χ1n) is 4.96. The summed E-state index contributed by atoms with van der Waals surface area (Å²) in [6.07, 6.45) is 0.815. The maximum Gasteiger partial charge on any atom is 0.198 e. The fourth-order valence-electron chi connectivity index (χ4n) is 1.50. The normalized spacial score (nSPS) is 13.3. The molecule has 15 heavy (non-hydrogen) atoms. The summed E-state index contributed by atoms with van der Waals surface area (Å²) < 4.78 is 18.4. The lowest BCUT2D eigenvalue weighted by molar-refractivity contribution is 0.473. The minimum Gasteiger partial charge on any atom is -0.440 e. The van der Waals surface area contributed by atoms with Crippen molar-refractivity contribution in [3.8, 4) is 0 Å². The van der Waals surface area contributed by atoms with E-state index in [1.807, 2.05) is 6.92 Å². The van der Waals surface area contributed by atoms with Gasteiger partial charge in [0, 0.05) is 12.0 Å². The first-order valence-corrected chi connectivity index (χ1v) is 4.96. The summed E-state index contributed by atoms with van der Waals surface area (Å²) in [5.41, 5.74) is 6.64. The van der Waals surface area contributed by atoms with E-state index in [4.69, 9.17) is 10.2 Å². The van der Waals surface area contributed by atoms with Crippen LogP contribution in [0.5, 0.6) is 0 Å². The number of benzene rings is 1. The molecule has 0 amide bonds. The molecule has 2 rings (SSSR count). The topological polar surface area (TPSA) is 52.0 Å². The number of nitrogens with two attached hydrogens (primary N) is 1. The molecule has 80 valence electrons. The maximum absolute atomic E-state index is 12.9. The Kier molecular flexibility index (Phi) is 2.68. The maximum atomic E-state index is 12.9. The van der Waals surface area contributed by atoms with E-state index in [1.165, 1.54) is 12.1 Å². The van der Waals surface area contributed by atoms with Crippen LogP contribution in [0.3, 0.4) is 0 Å². The molecule has 1 aromatic heterocycles. The van der Waals surface area contributed by atoms with Crippen molar-refractivity contribution >= 4 is 11.1 Å². The van der Waals surface area contributed by atoms with E-state index in [1.54, 1.807) is 6.07 Å². The van der Waals surface area contributed by atoms with Gasteiger partial charge in [-0.25, -0.2) is 9.37 Å². The molecule has 1 atom stereocenters. The van der Waals surface area contributed by atoms with Gasteiger partial charge in [-0.05, 0) is 25.1 Å². The summed E-state index contributed by atoms with van der Waals surface area (Å²) in [5, 5.41) is 0. The van der Waals surface area contributed by atoms with Crippen LogP contribution in [0, 0.1) is 5.82 Å². The van der Waals surface area contributed by atoms with Crippen molar-refractivity contribution in [3.05, 3.63) is 29.9 Å². The van der Waals surface area contributed by atoms with Crippen LogP contribution in [-0.2, 0) is 0 Å². The lowest BCUT2D eigenvalue weighted by Crippen LogP contribution is -2.04. The molecule has 0 aliphatic heterocycles. The molecule has 3 nitrogen and oxygen atoms in total. The Balaban J connectivity index is 2.38. The van der Waals surface area contributed by atoms with Gasteiger partial charge in [0.15, 0.2) is 11.5 Å². The Morgan fingerprint density at radius 2 is 2.33 bits per heavy atom. The smallest absolute Gasteiger partial charge is 0.198 e. The Bertz CT molecular complexity index is 467. The second-order valence-electron chi connectivity index (χ2n) is 3.64. The summed E-state index contributed by atoms with van der Waals surface area (Å²) in [5.74, 6) is 0.500. The highest BCUT2D eigenvalue weighted by atomic mass is 19.1. The molecule has 0 saturated heterocycles. The quantitative estimate of drug-likeness (QED) is 0.842. The van der Waals surface area contributed by atoms with Gasteiger partial charge in [-0.2, -0.15) is 0 Å². The molecule has 1 unspecified atom stereocenters. The Morgan fingerprint density at radius 3 is 3.07 bits per heavy atom. The molecule has 1 aromatic carbocycles. The van der Waals surface area contributed by atoms with Gasteiger partial charge in [-0.15, -0.1) is 0 Å². The number of fused-ring (bicyclic) bond motifs is 1. The molecule has 0 aliphatic rings. The third kappa shape index (κ3) is 1.99. The van der Waals surface area contributed by atoms with Crippen LogP contribution in [-0.4, -0.2) is 11.5 Å². The number of oxazole rings is 1. The number of hydrogen-bond acceptors (Lipinski definition) is 3. The predicted octanol–water partition coefficient (Wildman–Crippen LogP) is 2.42. The molecule has 2 aromatic rings. The third-order valence-electron chi connectivity index (χ3n) is 2.39. The van der Waals surface area contributed by atoms with Gasteiger partial charge in [-0.1, -0.05) is 6.92 Å². The van der Waals surface area contributed by atoms with Gasteiger partial charge >= 0.3 is 0 Å². The average Bonchev–Trinajstić information content (AvgIpc) is 2.60. The zero-order valence-electron chi connectivity index (χ0n) is 8.53. The van der Waals surface area contributed by atoms with Crippen LogP contribution in [0.15, 0.2) is 22.6 Å². The Labute approximate surface area is 87.1 Å². The van der Waals surface area contributed by atoms with Crippen LogP contribution in [0.2, 0.25) is 0 Å². The van der Waals surface area contributed by atoms with Crippen LogP contribution < -0.4 is 5.73 Å². The molecular formula is C11H13FN2O. The van der Waals surface area contributed by atoms with Crippen LogP contribution >= 0.6 is 0 Å². The van der Waals surface area contributed by atoms with Crippen LogP contribution in [0.1, 0.15) is 25.2 Å². The molecule has 4 heteroatoms. The second-order valence-corrected chi connectivity index (χ2v) is 3.64. The standard InChI is InChI=1S/C11H13FN2O/c1-7(4-5-13)11-14-9-6-8(12)2-3-10(9)15-11/h2-3,6-7H,4-5,13H2,1H3. The fraction of sp³-hybridized carbons (Fsp3) is 0.364. The zero-order chi connectivity index (χ0) is 10.8. The van der Waals surface area contributed by atoms with Crippen molar-refractivity contribution in [1.82, 2.24) is 4.98 Å². The third-order valence-corrected chi connectivity index (χ3v) is 2.39. The summed E-state index contributed by atoms with van der Waals surface area (Å²) >= 11 is 0. The number of hydrogen-bond donors (Lipinski definition) is 1. The first kappa shape index (κ1) is 10.1.